The zero-order valence-electron chi connectivity index (χ0n) is 13.4. The molecule has 0 aromatic carbocycles. The van der Waals surface area contributed by atoms with Gasteiger partial charge in [0.1, 0.15) is 5.56 Å². The van der Waals surface area contributed by atoms with Crippen molar-refractivity contribution in [2.75, 3.05) is 13.1 Å². The molecule has 0 saturated carbocycles. The summed E-state index contributed by atoms with van der Waals surface area (Å²) in [5, 5.41) is 13.4. The molecular weight excluding hydrogens is 294 g/mol. The number of piperidine rings is 1. The Kier molecular flexibility index (Phi) is 4.50. The first-order valence-electron chi connectivity index (χ1n) is 8.29. The number of amides is 1. The average molecular weight is 317 g/mol. The van der Waals surface area contributed by atoms with Gasteiger partial charge in [-0.25, -0.2) is 4.79 Å². The summed E-state index contributed by atoms with van der Waals surface area (Å²) < 4.78 is 1.81. The van der Waals surface area contributed by atoms with Crippen molar-refractivity contribution < 1.29 is 14.7 Å². The number of hydrogen-bond donors (Lipinski definition) is 1. The number of hydrogen-bond acceptors (Lipinski definition) is 3. The first-order chi connectivity index (χ1) is 11.1. The van der Waals surface area contributed by atoms with Crippen molar-refractivity contribution in [1.29, 1.82) is 0 Å². The van der Waals surface area contributed by atoms with E-state index in [1.165, 1.54) is 6.20 Å². The molecule has 6 nitrogen and oxygen atoms in total. The molecule has 124 valence electrons. The molecule has 1 aromatic heterocycles. The fourth-order valence-electron chi connectivity index (χ4n) is 3.61. The summed E-state index contributed by atoms with van der Waals surface area (Å²) in [6, 6.07) is 0.179. The summed E-state index contributed by atoms with van der Waals surface area (Å²) in [5.74, 6) is -0.524. The van der Waals surface area contributed by atoms with Gasteiger partial charge in [-0.1, -0.05) is 12.2 Å². The van der Waals surface area contributed by atoms with Crippen molar-refractivity contribution in [1.82, 2.24) is 14.7 Å². The van der Waals surface area contributed by atoms with Crippen molar-refractivity contribution in [3.8, 4) is 0 Å². The van der Waals surface area contributed by atoms with E-state index in [4.69, 9.17) is 5.11 Å². The SMILES string of the molecule is Cc1c(C(=O)O)cnn1C1CCN(C(=O)C2CC=CCC2)CC1. The highest BCUT2D eigenvalue weighted by molar-refractivity contribution is 5.88. The zero-order chi connectivity index (χ0) is 16.4. The molecule has 1 aliphatic heterocycles. The van der Waals surface area contributed by atoms with E-state index >= 15 is 0 Å². The number of allylic oxidation sites excluding steroid dienone is 2. The fourth-order valence-corrected chi connectivity index (χ4v) is 3.61. The number of nitrogens with zero attached hydrogens (tertiary/aromatic N) is 3. The van der Waals surface area contributed by atoms with Crippen molar-refractivity contribution in [2.45, 2.75) is 45.1 Å². The van der Waals surface area contributed by atoms with Gasteiger partial charge in [0.25, 0.3) is 0 Å². The average Bonchev–Trinajstić information content (AvgIpc) is 2.97. The van der Waals surface area contributed by atoms with Gasteiger partial charge in [-0.2, -0.15) is 5.10 Å². The molecule has 2 heterocycles. The van der Waals surface area contributed by atoms with E-state index in [1.54, 1.807) is 6.92 Å². The maximum atomic E-state index is 12.5. The molecular formula is C17H23N3O3. The van der Waals surface area contributed by atoms with Crippen LogP contribution in [0.4, 0.5) is 0 Å². The van der Waals surface area contributed by atoms with Crippen LogP contribution in [0.2, 0.25) is 0 Å². The van der Waals surface area contributed by atoms with Gasteiger partial charge in [0.05, 0.1) is 17.9 Å². The van der Waals surface area contributed by atoms with Gasteiger partial charge in [-0.15, -0.1) is 0 Å². The van der Waals surface area contributed by atoms with Crippen LogP contribution in [0.5, 0.6) is 0 Å². The minimum atomic E-state index is -0.938. The molecule has 2 aliphatic rings. The molecule has 1 fully saturated rings. The Morgan fingerprint density at radius 2 is 1.96 bits per heavy atom. The number of rotatable bonds is 3. The third-order valence-corrected chi connectivity index (χ3v) is 5.02. The van der Waals surface area contributed by atoms with Crippen LogP contribution in [-0.4, -0.2) is 44.8 Å². The molecule has 1 saturated heterocycles. The Hall–Kier alpha value is -2.11. The van der Waals surface area contributed by atoms with E-state index in [-0.39, 0.29) is 23.4 Å². The second kappa shape index (κ2) is 6.56. The maximum Gasteiger partial charge on any atom is 0.339 e. The monoisotopic (exact) mass is 317 g/mol. The molecule has 1 unspecified atom stereocenters. The Labute approximate surface area is 135 Å². The lowest BCUT2D eigenvalue weighted by Gasteiger charge is -2.35. The van der Waals surface area contributed by atoms with E-state index in [1.807, 2.05) is 9.58 Å². The van der Waals surface area contributed by atoms with Crippen LogP contribution in [0.15, 0.2) is 18.3 Å². The van der Waals surface area contributed by atoms with Gasteiger partial charge in [-0.05, 0) is 39.0 Å². The number of carboxylic acids is 1. The summed E-state index contributed by atoms with van der Waals surface area (Å²) in [5.41, 5.74) is 0.956. The summed E-state index contributed by atoms with van der Waals surface area (Å²) in [6.07, 6.45) is 10.1. The first-order valence-corrected chi connectivity index (χ1v) is 8.29. The van der Waals surface area contributed by atoms with Crippen molar-refractivity contribution in [2.24, 2.45) is 5.92 Å². The highest BCUT2D eigenvalue weighted by Crippen LogP contribution is 2.27. The van der Waals surface area contributed by atoms with Crippen LogP contribution in [0.1, 0.15) is 54.2 Å². The molecule has 1 amide bonds. The molecule has 0 bridgehead atoms. The minimum absolute atomic E-state index is 0.140. The predicted octanol–water partition coefficient (Wildman–Crippen LogP) is 2.41. The lowest BCUT2D eigenvalue weighted by Crippen LogP contribution is -2.42. The smallest absolute Gasteiger partial charge is 0.339 e. The molecule has 0 spiro atoms. The molecule has 23 heavy (non-hydrogen) atoms. The number of aromatic carboxylic acids is 1. The highest BCUT2D eigenvalue weighted by atomic mass is 16.4. The summed E-state index contributed by atoms with van der Waals surface area (Å²) in [7, 11) is 0. The highest BCUT2D eigenvalue weighted by Gasteiger charge is 2.30. The van der Waals surface area contributed by atoms with Crippen LogP contribution < -0.4 is 0 Å². The lowest BCUT2D eigenvalue weighted by molar-refractivity contribution is -0.137. The second-order valence-corrected chi connectivity index (χ2v) is 6.43. The molecule has 1 N–H and O–H groups in total. The van der Waals surface area contributed by atoms with Gasteiger partial charge in [0.2, 0.25) is 5.91 Å². The summed E-state index contributed by atoms with van der Waals surface area (Å²) in [4.78, 5) is 25.6. The second-order valence-electron chi connectivity index (χ2n) is 6.43. The van der Waals surface area contributed by atoms with E-state index in [0.717, 1.165) is 45.2 Å². The first kappa shape index (κ1) is 15.8. The molecule has 3 rings (SSSR count). The number of likely N-dealkylation sites (tertiary alicyclic amines) is 1. The van der Waals surface area contributed by atoms with Gasteiger partial charge in [0.15, 0.2) is 0 Å². The zero-order valence-corrected chi connectivity index (χ0v) is 13.4. The van der Waals surface area contributed by atoms with Crippen molar-refractivity contribution >= 4 is 11.9 Å². The van der Waals surface area contributed by atoms with Gasteiger partial charge >= 0.3 is 5.97 Å². The van der Waals surface area contributed by atoms with Crippen molar-refractivity contribution in [3.05, 3.63) is 29.6 Å². The van der Waals surface area contributed by atoms with Crippen LogP contribution >= 0.6 is 0 Å². The van der Waals surface area contributed by atoms with Gasteiger partial charge < -0.3 is 10.0 Å². The van der Waals surface area contributed by atoms with Crippen LogP contribution in [0.3, 0.4) is 0 Å². The topological polar surface area (TPSA) is 75.4 Å². The summed E-state index contributed by atoms with van der Waals surface area (Å²) in [6.45, 7) is 3.25. The molecule has 1 aromatic rings. The van der Waals surface area contributed by atoms with E-state index < -0.39 is 5.97 Å². The van der Waals surface area contributed by atoms with Gasteiger partial charge in [0, 0.05) is 19.0 Å². The standard InChI is InChI=1S/C17H23N3O3/c1-12-15(17(22)23)11-18-20(12)14-7-9-19(10-8-14)16(21)13-5-3-2-4-6-13/h2-3,11,13-14H,4-10H2,1H3,(H,22,23). The Morgan fingerprint density at radius 3 is 2.52 bits per heavy atom. The number of carboxylic acid groups (broad SMARTS) is 1. The molecule has 1 aliphatic carbocycles. The number of aromatic nitrogens is 2. The quantitative estimate of drug-likeness (QED) is 0.869. The third kappa shape index (κ3) is 3.16. The van der Waals surface area contributed by atoms with Crippen LogP contribution in [0, 0.1) is 12.8 Å². The van der Waals surface area contributed by atoms with Gasteiger partial charge in [-0.3, -0.25) is 9.48 Å². The third-order valence-electron chi connectivity index (χ3n) is 5.02. The fraction of sp³-hybridized carbons (Fsp3) is 0.588. The summed E-state index contributed by atoms with van der Waals surface area (Å²) >= 11 is 0. The Balaban J connectivity index is 1.61. The van der Waals surface area contributed by atoms with Crippen LogP contribution in [-0.2, 0) is 4.79 Å². The van der Waals surface area contributed by atoms with Crippen LogP contribution in [0.25, 0.3) is 0 Å². The number of carbonyl (C=O) groups is 2. The number of carbonyl (C=O) groups excluding carboxylic acids is 1. The largest absolute Gasteiger partial charge is 0.478 e. The van der Waals surface area contributed by atoms with E-state index in [2.05, 4.69) is 17.3 Å². The minimum Gasteiger partial charge on any atom is -0.478 e. The maximum absolute atomic E-state index is 12.5. The van der Waals surface area contributed by atoms with Crippen molar-refractivity contribution in [3.63, 3.8) is 0 Å². The normalized spacial score (nSPS) is 22.3. The van der Waals surface area contributed by atoms with E-state index in [9.17, 15) is 9.59 Å². The molecule has 6 heteroatoms. The molecule has 1 atom stereocenters. The Morgan fingerprint density at radius 1 is 1.22 bits per heavy atom. The Bertz CT molecular complexity index is 627. The molecule has 0 radical (unpaired) electrons. The van der Waals surface area contributed by atoms with E-state index in [0.29, 0.717) is 5.69 Å². The predicted molar refractivity (Wildman–Crippen MR) is 85.3 cm³/mol. The lowest BCUT2D eigenvalue weighted by atomic mass is 9.92.